The maximum atomic E-state index is 7.83. The van der Waals surface area contributed by atoms with E-state index in [1.807, 2.05) is 56.3 Å². The molecule has 0 aliphatic heterocycles. The van der Waals surface area contributed by atoms with E-state index >= 15 is 0 Å². The van der Waals surface area contributed by atoms with Crippen LogP contribution in [0.5, 0.6) is 5.75 Å². The molecule has 2 rings (SSSR count). The van der Waals surface area contributed by atoms with Gasteiger partial charge in [-0.3, -0.25) is 10.3 Å². The van der Waals surface area contributed by atoms with Crippen molar-refractivity contribution in [2.24, 2.45) is 5.73 Å². The summed E-state index contributed by atoms with van der Waals surface area (Å²) >= 11 is 3.34. The predicted molar refractivity (Wildman–Crippen MR) is 92.2 cm³/mol. The number of rotatable bonds is 5. The maximum absolute atomic E-state index is 7.83. The van der Waals surface area contributed by atoms with Gasteiger partial charge in [0.25, 0.3) is 0 Å². The fraction of sp³-hybridized carbons (Fsp3) is 0.250. The minimum atomic E-state index is -0.0649. The van der Waals surface area contributed by atoms with Gasteiger partial charge >= 0.3 is 0 Å². The van der Waals surface area contributed by atoms with Crippen LogP contribution in [0.3, 0.4) is 0 Å². The van der Waals surface area contributed by atoms with Crippen molar-refractivity contribution in [1.82, 2.24) is 4.98 Å². The van der Waals surface area contributed by atoms with Crippen LogP contribution in [-0.4, -0.2) is 17.0 Å². The Labute approximate surface area is 138 Å². The van der Waals surface area contributed by atoms with E-state index in [4.69, 9.17) is 15.9 Å². The third-order valence-corrected chi connectivity index (χ3v) is 3.37. The van der Waals surface area contributed by atoms with Crippen LogP contribution >= 0.6 is 15.9 Å². The molecule has 6 heteroatoms. The summed E-state index contributed by atoms with van der Waals surface area (Å²) in [5.74, 6) is 1.34. The molecule has 0 fully saturated rings. The molecule has 22 heavy (non-hydrogen) atoms. The zero-order chi connectivity index (χ0) is 16.1. The first kappa shape index (κ1) is 16.3. The molecule has 0 radical (unpaired) electrons. The zero-order valence-electron chi connectivity index (χ0n) is 12.6. The van der Waals surface area contributed by atoms with E-state index in [-0.39, 0.29) is 12.1 Å². The van der Waals surface area contributed by atoms with Gasteiger partial charge in [0.1, 0.15) is 16.2 Å². The average molecular weight is 363 g/mol. The number of nitrogens with zero attached hydrogens (tertiary/aromatic N) is 2. The van der Waals surface area contributed by atoms with Gasteiger partial charge in [0.15, 0.2) is 5.96 Å². The van der Waals surface area contributed by atoms with Crippen LogP contribution in [0.4, 0.5) is 5.82 Å². The fourth-order valence-electron chi connectivity index (χ4n) is 2.01. The molecular weight excluding hydrogens is 344 g/mol. The van der Waals surface area contributed by atoms with Crippen LogP contribution < -0.4 is 15.4 Å². The first-order valence-electron chi connectivity index (χ1n) is 6.96. The molecule has 0 saturated heterocycles. The van der Waals surface area contributed by atoms with E-state index in [0.29, 0.717) is 17.0 Å². The van der Waals surface area contributed by atoms with Crippen LogP contribution in [0.1, 0.15) is 19.4 Å². The van der Waals surface area contributed by atoms with Gasteiger partial charge < -0.3 is 10.5 Å². The molecule has 0 spiro atoms. The summed E-state index contributed by atoms with van der Waals surface area (Å²) in [4.78, 5) is 5.99. The van der Waals surface area contributed by atoms with E-state index in [1.54, 1.807) is 4.90 Å². The summed E-state index contributed by atoms with van der Waals surface area (Å²) in [7, 11) is 0. The molecule has 1 aromatic heterocycles. The SMILES string of the molecule is CC(C)Oc1ccccc1CN(C(=N)N)c1cccc(Br)n1. The number of guanidine groups is 1. The number of hydrogen-bond acceptors (Lipinski definition) is 3. The number of anilines is 1. The number of hydrogen-bond donors (Lipinski definition) is 2. The van der Waals surface area contributed by atoms with Gasteiger partial charge in [0, 0.05) is 5.56 Å². The molecule has 0 aliphatic rings. The highest BCUT2D eigenvalue weighted by atomic mass is 79.9. The van der Waals surface area contributed by atoms with Gasteiger partial charge in [-0.2, -0.15) is 0 Å². The molecule has 0 bridgehead atoms. The van der Waals surface area contributed by atoms with Crippen molar-refractivity contribution in [3.8, 4) is 5.75 Å². The number of pyridine rings is 1. The Balaban J connectivity index is 2.31. The minimum Gasteiger partial charge on any atom is -0.491 e. The normalized spacial score (nSPS) is 10.5. The van der Waals surface area contributed by atoms with Crippen molar-refractivity contribution in [2.75, 3.05) is 4.90 Å². The number of ether oxygens (including phenoxy) is 1. The smallest absolute Gasteiger partial charge is 0.194 e. The second-order valence-corrected chi connectivity index (χ2v) is 5.88. The third kappa shape index (κ3) is 4.21. The van der Waals surface area contributed by atoms with Crippen molar-refractivity contribution in [1.29, 1.82) is 5.41 Å². The number of aromatic nitrogens is 1. The van der Waals surface area contributed by atoms with Crippen LogP contribution in [0.25, 0.3) is 0 Å². The Morgan fingerprint density at radius 2 is 2.00 bits per heavy atom. The van der Waals surface area contributed by atoms with Gasteiger partial charge in [0.2, 0.25) is 0 Å². The molecule has 2 aromatic rings. The summed E-state index contributed by atoms with van der Waals surface area (Å²) in [6.45, 7) is 4.38. The molecule has 0 saturated carbocycles. The standard InChI is InChI=1S/C16H19BrN4O/c1-11(2)22-13-7-4-3-6-12(13)10-21(16(18)19)15-9-5-8-14(17)20-15/h3-9,11H,10H2,1-2H3,(H3,18,19). The van der Waals surface area contributed by atoms with E-state index < -0.39 is 0 Å². The van der Waals surface area contributed by atoms with Crippen molar-refractivity contribution in [3.05, 3.63) is 52.6 Å². The first-order valence-corrected chi connectivity index (χ1v) is 7.75. The lowest BCUT2D eigenvalue weighted by Gasteiger charge is -2.23. The van der Waals surface area contributed by atoms with Crippen molar-refractivity contribution in [3.63, 3.8) is 0 Å². The first-order chi connectivity index (χ1) is 10.5. The molecule has 116 valence electrons. The summed E-state index contributed by atoms with van der Waals surface area (Å²) in [5.41, 5.74) is 6.68. The molecule has 0 unspecified atom stereocenters. The van der Waals surface area contributed by atoms with Crippen molar-refractivity contribution in [2.45, 2.75) is 26.5 Å². The Morgan fingerprint density at radius 1 is 1.27 bits per heavy atom. The lowest BCUT2D eigenvalue weighted by molar-refractivity contribution is 0.240. The number of para-hydroxylation sites is 1. The highest BCUT2D eigenvalue weighted by Crippen LogP contribution is 2.24. The number of halogens is 1. The molecule has 0 atom stereocenters. The lowest BCUT2D eigenvalue weighted by Crippen LogP contribution is -2.36. The maximum Gasteiger partial charge on any atom is 0.194 e. The molecule has 3 N–H and O–H groups in total. The topological polar surface area (TPSA) is 75.2 Å². The predicted octanol–water partition coefficient (Wildman–Crippen LogP) is 3.53. The molecule has 0 aliphatic carbocycles. The van der Waals surface area contributed by atoms with Crippen molar-refractivity contribution >= 4 is 27.7 Å². The zero-order valence-corrected chi connectivity index (χ0v) is 14.2. The summed E-state index contributed by atoms with van der Waals surface area (Å²) in [6, 6.07) is 13.3. The monoisotopic (exact) mass is 362 g/mol. The molecule has 5 nitrogen and oxygen atoms in total. The third-order valence-electron chi connectivity index (χ3n) is 2.93. The van der Waals surface area contributed by atoms with Crippen LogP contribution in [0.2, 0.25) is 0 Å². The minimum absolute atomic E-state index is 0.0649. The van der Waals surface area contributed by atoms with Crippen molar-refractivity contribution < 1.29 is 4.74 Å². The van der Waals surface area contributed by atoms with Crippen LogP contribution in [0.15, 0.2) is 47.1 Å². The fourth-order valence-corrected chi connectivity index (χ4v) is 2.35. The van der Waals surface area contributed by atoms with Gasteiger partial charge in [-0.25, -0.2) is 4.98 Å². The number of nitrogens with two attached hydrogens (primary N) is 1. The van der Waals surface area contributed by atoms with Gasteiger partial charge in [-0.05, 0) is 48.0 Å². The quantitative estimate of drug-likeness (QED) is 0.484. The van der Waals surface area contributed by atoms with Gasteiger partial charge in [-0.15, -0.1) is 0 Å². The van der Waals surface area contributed by atoms with E-state index in [2.05, 4.69) is 20.9 Å². The van der Waals surface area contributed by atoms with E-state index in [0.717, 1.165) is 11.3 Å². The van der Waals surface area contributed by atoms with E-state index in [1.165, 1.54) is 0 Å². The Bertz CT molecular complexity index is 660. The second kappa shape index (κ2) is 7.26. The van der Waals surface area contributed by atoms with E-state index in [9.17, 15) is 0 Å². The number of benzene rings is 1. The Morgan fingerprint density at radius 3 is 2.64 bits per heavy atom. The summed E-state index contributed by atoms with van der Waals surface area (Å²) in [6.07, 6.45) is 0.0796. The van der Waals surface area contributed by atoms with Crippen LogP contribution in [-0.2, 0) is 6.54 Å². The molecule has 0 amide bonds. The summed E-state index contributed by atoms with van der Waals surface area (Å²) in [5, 5.41) is 7.83. The summed E-state index contributed by atoms with van der Waals surface area (Å²) < 4.78 is 6.52. The Kier molecular flexibility index (Phi) is 5.38. The number of nitrogens with one attached hydrogen (secondary N) is 1. The largest absolute Gasteiger partial charge is 0.491 e. The van der Waals surface area contributed by atoms with Gasteiger partial charge in [0.05, 0.1) is 12.6 Å². The Hall–Kier alpha value is -2.08. The lowest BCUT2D eigenvalue weighted by atomic mass is 10.2. The molecule has 1 aromatic carbocycles. The molecule has 1 heterocycles. The molecular formula is C16H19BrN4O. The average Bonchev–Trinajstić information content (AvgIpc) is 2.45. The highest BCUT2D eigenvalue weighted by molar-refractivity contribution is 9.10. The second-order valence-electron chi connectivity index (χ2n) is 5.06. The van der Waals surface area contributed by atoms with Gasteiger partial charge in [-0.1, -0.05) is 24.3 Å². The van der Waals surface area contributed by atoms with Crippen LogP contribution in [0, 0.1) is 5.41 Å². The highest BCUT2D eigenvalue weighted by Gasteiger charge is 2.15.